The summed E-state index contributed by atoms with van der Waals surface area (Å²) < 4.78 is 42.2. The van der Waals surface area contributed by atoms with Crippen molar-refractivity contribution < 1.29 is 18.0 Å². The molecule has 36 heavy (non-hydrogen) atoms. The van der Waals surface area contributed by atoms with E-state index >= 15 is 0 Å². The third-order valence-electron chi connectivity index (χ3n) is 5.89. The smallest absolute Gasteiger partial charge is 0.350 e. The number of carbonyl (C=O) groups excluding carboxylic acids is 1. The Labute approximate surface area is 216 Å². The summed E-state index contributed by atoms with van der Waals surface area (Å²) in [7, 11) is 3.44. The van der Waals surface area contributed by atoms with Gasteiger partial charge in [-0.05, 0) is 39.4 Å². The second kappa shape index (κ2) is 11.1. The standard InChI is InChI=1S/C23H27F3N6O2S.ClH/c1-14(13-30(2)3)32-20(34)17-19(29-21(32)23(24,25)26)35-22(28-17)31-11-7-10-16(31)18(33)27-12-15-8-5-4-6-9-15;/h4-6,8-9,14,16H,7,10-13H2,1-3H3,(H,27,33);1H. The molecule has 13 heteroatoms. The van der Waals surface area contributed by atoms with Crippen molar-refractivity contribution in [1.29, 1.82) is 0 Å². The van der Waals surface area contributed by atoms with Crippen LogP contribution in [0.1, 0.15) is 37.2 Å². The van der Waals surface area contributed by atoms with E-state index in [9.17, 15) is 22.8 Å². The van der Waals surface area contributed by atoms with Crippen LogP contribution in [0.2, 0.25) is 0 Å². The molecule has 1 N–H and O–H groups in total. The SMILES string of the molecule is CC(CN(C)C)n1c(C(F)(F)F)nc2sc(N3CCCC3C(=O)NCc3ccccc3)nc2c1=O.Cl. The van der Waals surface area contributed by atoms with E-state index in [1.165, 1.54) is 0 Å². The van der Waals surface area contributed by atoms with Gasteiger partial charge in [0.1, 0.15) is 6.04 Å². The summed E-state index contributed by atoms with van der Waals surface area (Å²) in [5.41, 5.74) is 0.0176. The number of rotatable bonds is 7. The van der Waals surface area contributed by atoms with Gasteiger partial charge in [-0.1, -0.05) is 41.7 Å². The Bertz CT molecular complexity index is 1260. The average molecular weight is 545 g/mol. The van der Waals surface area contributed by atoms with Crippen LogP contribution >= 0.6 is 23.7 Å². The molecule has 0 saturated carbocycles. The van der Waals surface area contributed by atoms with Crippen molar-refractivity contribution >= 4 is 45.1 Å². The van der Waals surface area contributed by atoms with Crippen LogP contribution in [0.25, 0.3) is 10.3 Å². The number of benzene rings is 1. The molecule has 1 amide bonds. The summed E-state index contributed by atoms with van der Waals surface area (Å²) in [5.74, 6) is -1.43. The second-order valence-corrected chi connectivity index (χ2v) is 9.88. The molecular weight excluding hydrogens is 517 g/mol. The molecule has 2 unspecified atom stereocenters. The van der Waals surface area contributed by atoms with Crippen LogP contribution in [-0.4, -0.2) is 58.6 Å². The Morgan fingerprint density at radius 3 is 2.58 bits per heavy atom. The largest absolute Gasteiger partial charge is 0.449 e. The zero-order valence-corrected chi connectivity index (χ0v) is 21.7. The number of alkyl halides is 3. The van der Waals surface area contributed by atoms with Crippen LogP contribution in [0.15, 0.2) is 35.1 Å². The van der Waals surface area contributed by atoms with Gasteiger partial charge in [-0.2, -0.15) is 13.2 Å². The maximum Gasteiger partial charge on any atom is 0.449 e. The number of carbonyl (C=O) groups is 1. The van der Waals surface area contributed by atoms with Gasteiger partial charge in [-0.15, -0.1) is 12.4 Å². The lowest BCUT2D eigenvalue weighted by Crippen LogP contribution is -2.43. The monoisotopic (exact) mass is 544 g/mol. The number of halogens is 4. The number of thiazole rings is 1. The molecule has 4 rings (SSSR count). The van der Waals surface area contributed by atoms with Gasteiger partial charge >= 0.3 is 6.18 Å². The molecule has 3 aromatic rings. The van der Waals surface area contributed by atoms with Crippen molar-refractivity contribution in [2.24, 2.45) is 0 Å². The Balaban J connectivity index is 0.00000361. The molecule has 1 aliphatic rings. The first-order chi connectivity index (χ1) is 16.6. The highest BCUT2D eigenvalue weighted by atomic mass is 35.5. The lowest BCUT2D eigenvalue weighted by atomic mass is 10.2. The van der Waals surface area contributed by atoms with E-state index in [2.05, 4.69) is 15.3 Å². The topological polar surface area (TPSA) is 83.4 Å². The highest BCUT2D eigenvalue weighted by molar-refractivity contribution is 7.21. The van der Waals surface area contributed by atoms with Crippen LogP contribution in [0, 0.1) is 0 Å². The van der Waals surface area contributed by atoms with E-state index < -0.39 is 29.6 Å². The van der Waals surface area contributed by atoms with Crippen molar-refractivity contribution in [3.8, 4) is 0 Å². The molecule has 1 saturated heterocycles. The molecule has 2 atom stereocenters. The van der Waals surface area contributed by atoms with E-state index in [4.69, 9.17) is 0 Å². The molecule has 0 bridgehead atoms. The first kappa shape index (κ1) is 27.9. The Morgan fingerprint density at radius 2 is 1.94 bits per heavy atom. The van der Waals surface area contributed by atoms with Gasteiger partial charge in [0, 0.05) is 25.7 Å². The van der Waals surface area contributed by atoms with Gasteiger partial charge in [0.25, 0.3) is 5.56 Å². The van der Waals surface area contributed by atoms with E-state index in [0.29, 0.717) is 29.2 Å². The number of aromatic nitrogens is 3. The van der Waals surface area contributed by atoms with E-state index in [0.717, 1.165) is 23.3 Å². The minimum Gasteiger partial charge on any atom is -0.350 e. The molecule has 3 heterocycles. The molecule has 1 fully saturated rings. The van der Waals surface area contributed by atoms with Gasteiger partial charge in [0.2, 0.25) is 11.7 Å². The predicted molar refractivity (Wildman–Crippen MR) is 136 cm³/mol. The zero-order chi connectivity index (χ0) is 25.3. The number of hydrogen-bond acceptors (Lipinski definition) is 7. The number of amides is 1. The zero-order valence-electron chi connectivity index (χ0n) is 20.1. The lowest BCUT2D eigenvalue weighted by Gasteiger charge is -2.23. The fourth-order valence-corrected chi connectivity index (χ4v) is 5.40. The number of likely N-dealkylation sites (N-methyl/N-ethyl adjacent to an activating group) is 1. The van der Waals surface area contributed by atoms with E-state index in [-0.39, 0.29) is 35.2 Å². The molecule has 196 valence electrons. The fourth-order valence-electron chi connectivity index (χ4n) is 4.39. The normalized spacial score (nSPS) is 16.9. The Kier molecular flexibility index (Phi) is 8.63. The maximum absolute atomic E-state index is 13.8. The summed E-state index contributed by atoms with van der Waals surface area (Å²) >= 11 is 0.909. The highest BCUT2D eigenvalue weighted by Gasteiger charge is 2.40. The lowest BCUT2D eigenvalue weighted by molar-refractivity contribution is -0.148. The van der Waals surface area contributed by atoms with Crippen LogP contribution in [0.5, 0.6) is 0 Å². The van der Waals surface area contributed by atoms with E-state index in [1.807, 2.05) is 30.3 Å². The number of nitrogens with one attached hydrogen (secondary N) is 1. The predicted octanol–water partition coefficient (Wildman–Crippen LogP) is 3.70. The average Bonchev–Trinajstić information content (AvgIpc) is 3.44. The number of nitrogens with zero attached hydrogens (tertiary/aromatic N) is 5. The summed E-state index contributed by atoms with van der Waals surface area (Å²) in [4.78, 5) is 37.7. The van der Waals surface area contributed by atoms with Crippen molar-refractivity contribution in [1.82, 2.24) is 24.8 Å². The van der Waals surface area contributed by atoms with Crippen LogP contribution < -0.4 is 15.8 Å². The highest BCUT2D eigenvalue weighted by Crippen LogP contribution is 2.35. The Morgan fingerprint density at radius 1 is 1.25 bits per heavy atom. The number of fused-ring (bicyclic) bond motifs is 1. The minimum absolute atomic E-state index is 0. The van der Waals surface area contributed by atoms with Gasteiger partial charge in [-0.3, -0.25) is 14.2 Å². The van der Waals surface area contributed by atoms with Gasteiger partial charge < -0.3 is 15.1 Å². The molecule has 0 aliphatic carbocycles. The minimum atomic E-state index is -4.80. The third-order valence-corrected chi connectivity index (χ3v) is 6.88. The number of hydrogen-bond donors (Lipinski definition) is 1. The molecule has 0 radical (unpaired) electrons. The molecule has 1 aliphatic heterocycles. The summed E-state index contributed by atoms with van der Waals surface area (Å²) in [6, 6.07) is 8.21. The summed E-state index contributed by atoms with van der Waals surface area (Å²) in [6.07, 6.45) is -3.49. The van der Waals surface area contributed by atoms with Crippen LogP contribution in [-0.2, 0) is 17.5 Å². The first-order valence-corrected chi connectivity index (χ1v) is 12.1. The van der Waals surface area contributed by atoms with Gasteiger partial charge in [0.05, 0.1) is 0 Å². The van der Waals surface area contributed by atoms with Crippen molar-refractivity contribution in [2.45, 2.75) is 44.6 Å². The van der Waals surface area contributed by atoms with E-state index in [1.54, 1.807) is 30.8 Å². The number of anilines is 1. The maximum atomic E-state index is 13.8. The first-order valence-electron chi connectivity index (χ1n) is 11.3. The summed E-state index contributed by atoms with van der Waals surface area (Å²) in [5, 5.41) is 3.25. The van der Waals surface area contributed by atoms with Crippen molar-refractivity contribution in [3.05, 3.63) is 52.1 Å². The molecule has 1 aromatic carbocycles. The third kappa shape index (κ3) is 5.81. The van der Waals surface area contributed by atoms with Crippen LogP contribution in [0.4, 0.5) is 18.3 Å². The molecule has 0 spiro atoms. The van der Waals surface area contributed by atoms with Crippen LogP contribution in [0.3, 0.4) is 0 Å². The Hall–Kier alpha value is -2.70. The van der Waals surface area contributed by atoms with Gasteiger partial charge in [-0.25, -0.2) is 9.97 Å². The second-order valence-electron chi connectivity index (χ2n) is 8.92. The molecule has 8 nitrogen and oxygen atoms in total. The summed E-state index contributed by atoms with van der Waals surface area (Å²) in [6.45, 7) is 2.66. The van der Waals surface area contributed by atoms with Gasteiger partial charge in [0.15, 0.2) is 15.5 Å². The fraction of sp³-hybridized carbons (Fsp3) is 0.478. The van der Waals surface area contributed by atoms with Crippen molar-refractivity contribution in [2.75, 3.05) is 32.1 Å². The molecule has 2 aromatic heterocycles. The quantitative estimate of drug-likeness (QED) is 0.488. The molecular formula is C23H28ClF3N6O2S. The van der Waals surface area contributed by atoms with Crippen molar-refractivity contribution in [3.63, 3.8) is 0 Å².